The summed E-state index contributed by atoms with van der Waals surface area (Å²) in [7, 11) is -2.44. The SMILES string of the molecule is CN(C/C(=C/N)N(N)[C@H](CC(=O)NO)Cc1ccc(O)cc1)S(=O)(=O)c1ccc(-c2ccccc2)s1. The molecule has 0 unspecified atom stereocenters. The molecule has 192 valence electrons. The minimum atomic E-state index is -3.86. The van der Waals surface area contributed by atoms with E-state index in [1.165, 1.54) is 30.4 Å². The van der Waals surface area contributed by atoms with E-state index >= 15 is 0 Å². The number of hydrazine groups is 1. The molecule has 1 atom stereocenters. The lowest BCUT2D eigenvalue weighted by Gasteiger charge is -2.32. The Morgan fingerprint density at radius 3 is 2.39 bits per heavy atom. The molecule has 0 fully saturated rings. The number of phenolic OH excluding ortho intramolecular Hbond substituents is 1. The molecule has 0 radical (unpaired) electrons. The molecule has 3 aromatic rings. The second kappa shape index (κ2) is 12.0. The molecule has 0 saturated carbocycles. The first-order chi connectivity index (χ1) is 17.1. The minimum absolute atomic E-state index is 0.0892. The van der Waals surface area contributed by atoms with Crippen molar-refractivity contribution in [2.75, 3.05) is 13.6 Å². The van der Waals surface area contributed by atoms with Crippen LogP contribution in [0.25, 0.3) is 10.4 Å². The Hall–Kier alpha value is -3.42. The number of hydroxylamine groups is 1. The van der Waals surface area contributed by atoms with E-state index in [0.29, 0.717) is 0 Å². The second-order valence-corrected chi connectivity index (χ2v) is 11.4. The Bertz CT molecular complexity index is 1290. The molecule has 0 saturated heterocycles. The van der Waals surface area contributed by atoms with Gasteiger partial charge in [0, 0.05) is 18.1 Å². The number of sulfonamides is 1. The Balaban J connectivity index is 1.78. The molecule has 0 spiro atoms. The molecule has 0 aliphatic carbocycles. The number of phenols is 1. The molecule has 10 nitrogen and oxygen atoms in total. The molecule has 1 aromatic heterocycles. The van der Waals surface area contributed by atoms with Crippen LogP contribution in [0.5, 0.6) is 5.75 Å². The van der Waals surface area contributed by atoms with Crippen molar-refractivity contribution in [1.29, 1.82) is 0 Å². The lowest BCUT2D eigenvalue weighted by Crippen LogP contribution is -2.47. The van der Waals surface area contributed by atoms with Crippen LogP contribution in [0, 0.1) is 0 Å². The number of nitrogens with two attached hydrogens (primary N) is 2. The van der Waals surface area contributed by atoms with Crippen LogP contribution >= 0.6 is 11.3 Å². The maximum absolute atomic E-state index is 13.3. The summed E-state index contributed by atoms with van der Waals surface area (Å²) in [6.07, 6.45) is 1.27. The summed E-state index contributed by atoms with van der Waals surface area (Å²) < 4.78 is 27.8. The monoisotopic (exact) mass is 531 g/mol. The smallest absolute Gasteiger partial charge is 0.252 e. The van der Waals surface area contributed by atoms with Crippen molar-refractivity contribution in [1.82, 2.24) is 14.8 Å². The lowest BCUT2D eigenvalue weighted by atomic mass is 10.0. The number of rotatable bonds is 11. The fourth-order valence-electron chi connectivity index (χ4n) is 3.57. The van der Waals surface area contributed by atoms with Gasteiger partial charge in [0.05, 0.1) is 24.7 Å². The number of hydrogen-bond donors (Lipinski definition) is 5. The Kier molecular flexibility index (Phi) is 9.07. The van der Waals surface area contributed by atoms with Gasteiger partial charge in [0.1, 0.15) is 9.96 Å². The number of carbonyl (C=O) groups is 1. The summed E-state index contributed by atoms with van der Waals surface area (Å²) in [4.78, 5) is 12.7. The topological polar surface area (TPSA) is 162 Å². The van der Waals surface area contributed by atoms with E-state index < -0.39 is 22.0 Å². The van der Waals surface area contributed by atoms with Crippen molar-refractivity contribution in [2.45, 2.75) is 23.1 Å². The third-order valence-corrected chi connectivity index (χ3v) is 8.96. The number of carbonyl (C=O) groups excluding carboxylic acids is 1. The first-order valence-corrected chi connectivity index (χ1v) is 13.2. The highest BCUT2D eigenvalue weighted by atomic mass is 32.2. The number of hydrogen-bond acceptors (Lipinski definition) is 9. The number of nitrogens with one attached hydrogen (secondary N) is 1. The molecule has 0 aliphatic rings. The third kappa shape index (κ3) is 6.62. The van der Waals surface area contributed by atoms with Crippen LogP contribution in [0.2, 0.25) is 0 Å². The number of likely N-dealkylation sites (N-methyl/N-ethyl adjacent to an activating group) is 1. The van der Waals surface area contributed by atoms with Gasteiger partial charge >= 0.3 is 0 Å². The van der Waals surface area contributed by atoms with Crippen molar-refractivity contribution in [3.8, 4) is 16.2 Å². The van der Waals surface area contributed by atoms with Gasteiger partial charge in [-0.1, -0.05) is 42.5 Å². The van der Waals surface area contributed by atoms with Crippen LogP contribution in [0.1, 0.15) is 12.0 Å². The average Bonchev–Trinajstić information content (AvgIpc) is 3.39. The van der Waals surface area contributed by atoms with E-state index in [1.807, 2.05) is 30.3 Å². The van der Waals surface area contributed by atoms with Gasteiger partial charge in [0.25, 0.3) is 10.0 Å². The number of benzene rings is 2. The molecule has 2 aromatic carbocycles. The molecule has 7 N–H and O–H groups in total. The van der Waals surface area contributed by atoms with Gasteiger partial charge in [-0.15, -0.1) is 11.3 Å². The average molecular weight is 532 g/mol. The highest BCUT2D eigenvalue weighted by Crippen LogP contribution is 2.32. The molecule has 1 amide bonds. The highest BCUT2D eigenvalue weighted by molar-refractivity contribution is 7.91. The second-order valence-electron chi connectivity index (χ2n) is 8.07. The molecule has 0 aliphatic heterocycles. The van der Waals surface area contributed by atoms with Crippen LogP contribution in [-0.2, 0) is 21.2 Å². The zero-order chi connectivity index (χ0) is 26.3. The van der Waals surface area contributed by atoms with Crippen molar-refractivity contribution >= 4 is 27.3 Å². The number of nitrogens with zero attached hydrogens (tertiary/aromatic N) is 2. The van der Waals surface area contributed by atoms with Gasteiger partial charge in [-0.05, 0) is 41.8 Å². The van der Waals surface area contributed by atoms with Gasteiger partial charge in [0.15, 0.2) is 0 Å². The van der Waals surface area contributed by atoms with Crippen molar-refractivity contribution in [3.63, 3.8) is 0 Å². The summed E-state index contributed by atoms with van der Waals surface area (Å²) >= 11 is 1.16. The van der Waals surface area contributed by atoms with Crippen LogP contribution in [0.3, 0.4) is 0 Å². The highest BCUT2D eigenvalue weighted by Gasteiger charge is 2.28. The predicted molar refractivity (Wildman–Crippen MR) is 138 cm³/mol. The van der Waals surface area contributed by atoms with Crippen molar-refractivity contribution < 1.29 is 23.5 Å². The van der Waals surface area contributed by atoms with E-state index in [9.17, 15) is 18.3 Å². The van der Waals surface area contributed by atoms with E-state index in [1.54, 1.807) is 29.7 Å². The fourth-order valence-corrected chi connectivity index (χ4v) is 6.24. The van der Waals surface area contributed by atoms with E-state index in [0.717, 1.165) is 31.6 Å². The summed E-state index contributed by atoms with van der Waals surface area (Å²) in [5.41, 5.74) is 9.35. The van der Waals surface area contributed by atoms with Crippen LogP contribution in [0.15, 0.2) is 82.8 Å². The quantitative estimate of drug-likeness (QED) is 0.143. The van der Waals surface area contributed by atoms with Crippen LogP contribution < -0.4 is 17.1 Å². The first-order valence-electron chi connectivity index (χ1n) is 10.9. The molecular formula is C24H29N5O5S2. The van der Waals surface area contributed by atoms with Gasteiger partial charge in [0.2, 0.25) is 5.91 Å². The van der Waals surface area contributed by atoms with E-state index in [-0.39, 0.29) is 35.0 Å². The van der Waals surface area contributed by atoms with Gasteiger partial charge in [-0.2, -0.15) is 4.31 Å². The molecule has 12 heteroatoms. The standard InChI is InChI=1S/C24H29N5O5S2/c1-28(36(33,34)24-12-11-22(35-24)18-5-3-2-4-6-18)16-20(15-25)29(26)19(14-23(31)27-32)13-17-7-9-21(30)10-8-17/h2-12,15,19,30,32H,13-14,16,25-26H2,1H3,(H,27,31)/b20-15-/t19-/m0/s1. The third-order valence-electron chi connectivity index (χ3n) is 5.56. The van der Waals surface area contributed by atoms with Crippen molar-refractivity contribution in [2.24, 2.45) is 11.6 Å². The Morgan fingerprint density at radius 1 is 1.11 bits per heavy atom. The van der Waals surface area contributed by atoms with E-state index in [4.69, 9.17) is 16.8 Å². The maximum atomic E-state index is 13.3. The summed E-state index contributed by atoms with van der Waals surface area (Å²) in [5.74, 6) is 5.74. The minimum Gasteiger partial charge on any atom is -0.508 e. The Morgan fingerprint density at radius 2 is 1.78 bits per heavy atom. The largest absolute Gasteiger partial charge is 0.508 e. The van der Waals surface area contributed by atoms with E-state index in [2.05, 4.69) is 0 Å². The number of thiophene rings is 1. The van der Waals surface area contributed by atoms with Crippen LogP contribution in [-0.4, -0.2) is 53.6 Å². The van der Waals surface area contributed by atoms with Gasteiger partial charge in [-0.25, -0.2) is 19.7 Å². The molecule has 3 rings (SSSR count). The molecular weight excluding hydrogens is 502 g/mol. The normalized spacial score (nSPS) is 12.9. The predicted octanol–water partition coefficient (Wildman–Crippen LogP) is 2.22. The van der Waals surface area contributed by atoms with Gasteiger partial charge < -0.3 is 15.8 Å². The zero-order valence-electron chi connectivity index (χ0n) is 19.6. The lowest BCUT2D eigenvalue weighted by molar-refractivity contribution is -0.130. The van der Waals surface area contributed by atoms with Crippen molar-refractivity contribution in [3.05, 3.63) is 84.2 Å². The molecule has 1 heterocycles. The zero-order valence-corrected chi connectivity index (χ0v) is 21.2. The molecule has 0 bridgehead atoms. The summed E-state index contributed by atoms with van der Waals surface area (Å²) in [6.45, 7) is -0.152. The maximum Gasteiger partial charge on any atom is 0.252 e. The number of amides is 1. The summed E-state index contributed by atoms with van der Waals surface area (Å²) in [6, 6.07) is 18.5. The van der Waals surface area contributed by atoms with Gasteiger partial charge in [-0.3, -0.25) is 10.0 Å². The molecule has 36 heavy (non-hydrogen) atoms. The number of aromatic hydroxyl groups is 1. The Labute approximate surface area is 214 Å². The van der Waals surface area contributed by atoms with Crippen LogP contribution in [0.4, 0.5) is 0 Å². The first kappa shape index (κ1) is 27.2. The fraction of sp³-hybridized carbons (Fsp3) is 0.208. The summed E-state index contributed by atoms with van der Waals surface area (Å²) in [5, 5.41) is 19.8.